The van der Waals surface area contributed by atoms with Gasteiger partial charge in [0.05, 0.1) is 6.42 Å². The Morgan fingerprint density at radius 3 is 2.70 bits per heavy atom. The van der Waals surface area contributed by atoms with Crippen molar-refractivity contribution in [1.29, 1.82) is 0 Å². The summed E-state index contributed by atoms with van der Waals surface area (Å²) in [4.78, 5) is 14.6. The zero-order valence-electron chi connectivity index (χ0n) is 17.0. The van der Waals surface area contributed by atoms with Crippen LogP contribution in [0.15, 0.2) is 59.8 Å². The van der Waals surface area contributed by atoms with Crippen LogP contribution in [0.2, 0.25) is 0 Å². The predicted octanol–water partition coefficient (Wildman–Crippen LogP) is 4.20. The number of carbonyl (C=O) groups is 1. The molecule has 0 bridgehead atoms. The Bertz CT molecular complexity index is 1010. The first-order valence-electron chi connectivity index (χ1n) is 10.2. The number of hydrogen-bond donors (Lipinski definition) is 0. The molecule has 1 unspecified atom stereocenters. The van der Waals surface area contributed by atoms with Crippen molar-refractivity contribution in [3.63, 3.8) is 0 Å². The smallest absolute Gasteiger partial charge is 0.227 e. The van der Waals surface area contributed by atoms with Crippen molar-refractivity contribution >= 4 is 17.7 Å². The number of thioether (sulfide) groups is 1. The molecule has 0 radical (unpaired) electrons. The number of nitrogens with zero attached hydrogens (tertiary/aromatic N) is 4. The molecule has 0 spiro atoms. The van der Waals surface area contributed by atoms with E-state index in [0.29, 0.717) is 18.7 Å². The molecular formula is C23H25FN4OS. The van der Waals surface area contributed by atoms with E-state index < -0.39 is 0 Å². The highest BCUT2D eigenvalue weighted by atomic mass is 32.2. The number of hydrogen-bond acceptors (Lipinski definition) is 4. The van der Waals surface area contributed by atoms with Crippen LogP contribution in [0.1, 0.15) is 35.7 Å². The fourth-order valence-corrected chi connectivity index (χ4v) is 4.73. The van der Waals surface area contributed by atoms with Gasteiger partial charge < -0.3 is 9.47 Å². The van der Waals surface area contributed by atoms with Crippen molar-refractivity contribution in [2.45, 2.75) is 36.1 Å². The van der Waals surface area contributed by atoms with Crippen LogP contribution in [-0.4, -0.2) is 38.7 Å². The predicted molar refractivity (Wildman–Crippen MR) is 116 cm³/mol. The Kier molecular flexibility index (Phi) is 6.47. The van der Waals surface area contributed by atoms with Crippen molar-refractivity contribution < 1.29 is 9.18 Å². The molecule has 3 aromatic rings. The summed E-state index contributed by atoms with van der Waals surface area (Å²) in [6.45, 7) is 1.31. The van der Waals surface area contributed by atoms with Gasteiger partial charge in [-0.05, 0) is 30.0 Å². The molecule has 1 aliphatic rings. The summed E-state index contributed by atoms with van der Waals surface area (Å²) < 4.78 is 16.0. The van der Waals surface area contributed by atoms with E-state index in [2.05, 4.69) is 22.3 Å². The van der Waals surface area contributed by atoms with E-state index in [0.717, 1.165) is 29.6 Å². The number of aromatic nitrogens is 3. The van der Waals surface area contributed by atoms with Gasteiger partial charge in [-0.1, -0.05) is 60.3 Å². The molecule has 0 aliphatic carbocycles. The molecular weight excluding hydrogens is 399 g/mol. The normalized spacial score (nSPS) is 16.6. The molecule has 1 saturated heterocycles. The third-order valence-corrected chi connectivity index (χ3v) is 6.61. The molecule has 0 N–H and O–H groups in total. The van der Waals surface area contributed by atoms with E-state index in [4.69, 9.17) is 0 Å². The largest absolute Gasteiger partial charge is 0.342 e. The zero-order valence-corrected chi connectivity index (χ0v) is 17.8. The van der Waals surface area contributed by atoms with E-state index in [9.17, 15) is 9.18 Å². The number of rotatable bonds is 6. The Hall–Kier alpha value is -2.67. The lowest BCUT2D eigenvalue weighted by Crippen LogP contribution is -2.40. The minimum atomic E-state index is -0.326. The summed E-state index contributed by atoms with van der Waals surface area (Å²) in [5.74, 6) is 1.53. The highest BCUT2D eigenvalue weighted by molar-refractivity contribution is 7.98. The maximum Gasteiger partial charge on any atom is 0.227 e. The second-order valence-corrected chi connectivity index (χ2v) is 8.56. The molecule has 30 heavy (non-hydrogen) atoms. The molecule has 2 heterocycles. The standard InChI is InChI=1S/C23H25FN4OS/c1-27-22(25-26-23(27)30-16-17-8-3-2-4-9-17)19-11-7-13-28(15-19)21(29)14-18-10-5-6-12-20(18)24/h2-6,8-10,12,19H,7,11,13-16H2,1H3. The lowest BCUT2D eigenvalue weighted by atomic mass is 9.96. The molecule has 1 amide bonds. The molecule has 7 heteroatoms. The first kappa shape index (κ1) is 20.6. The van der Waals surface area contributed by atoms with Gasteiger partial charge in [0.25, 0.3) is 0 Å². The third-order valence-electron chi connectivity index (χ3n) is 5.52. The van der Waals surface area contributed by atoms with E-state index in [1.807, 2.05) is 34.7 Å². The van der Waals surface area contributed by atoms with Crippen LogP contribution in [0, 0.1) is 5.82 Å². The average Bonchev–Trinajstić information content (AvgIpc) is 3.15. The lowest BCUT2D eigenvalue weighted by Gasteiger charge is -2.32. The minimum absolute atomic E-state index is 0.0364. The lowest BCUT2D eigenvalue weighted by molar-refractivity contribution is -0.131. The molecule has 5 nitrogen and oxygen atoms in total. The molecule has 2 aromatic carbocycles. The van der Waals surface area contributed by atoms with Gasteiger partial charge >= 0.3 is 0 Å². The van der Waals surface area contributed by atoms with Crippen LogP contribution < -0.4 is 0 Å². The maximum absolute atomic E-state index is 13.9. The SMILES string of the molecule is Cn1c(SCc2ccccc2)nnc1C1CCCN(C(=O)Cc2ccccc2F)C1. The summed E-state index contributed by atoms with van der Waals surface area (Å²) in [5, 5.41) is 9.69. The summed E-state index contributed by atoms with van der Waals surface area (Å²) in [6, 6.07) is 16.8. The molecule has 156 valence electrons. The van der Waals surface area contributed by atoms with Gasteiger partial charge in [0.2, 0.25) is 5.91 Å². The fraction of sp³-hybridized carbons (Fsp3) is 0.348. The Labute approximate surface area is 180 Å². The van der Waals surface area contributed by atoms with Gasteiger partial charge in [0, 0.05) is 31.8 Å². The van der Waals surface area contributed by atoms with Gasteiger partial charge in [0.1, 0.15) is 11.6 Å². The summed E-state index contributed by atoms with van der Waals surface area (Å²) in [5.41, 5.74) is 1.69. The molecule has 1 atom stereocenters. The molecule has 1 fully saturated rings. The molecule has 0 saturated carbocycles. The van der Waals surface area contributed by atoms with Crippen LogP contribution in [0.3, 0.4) is 0 Å². The summed E-state index contributed by atoms with van der Waals surface area (Å²) >= 11 is 1.66. The van der Waals surface area contributed by atoms with Crippen molar-refractivity contribution in [2.75, 3.05) is 13.1 Å². The van der Waals surface area contributed by atoms with E-state index in [1.165, 1.54) is 11.6 Å². The second kappa shape index (κ2) is 9.43. The van der Waals surface area contributed by atoms with Crippen molar-refractivity contribution in [2.24, 2.45) is 7.05 Å². The highest BCUT2D eigenvalue weighted by Gasteiger charge is 2.28. The number of halogens is 1. The number of carbonyl (C=O) groups excluding carboxylic acids is 1. The van der Waals surface area contributed by atoms with Gasteiger partial charge in [-0.2, -0.15) is 0 Å². The monoisotopic (exact) mass is 424 g/mol. The maximum atomic E-state index is 13.9. The Balaban J connectivity index is 1.40. The topological polar surface area (TPSA) is 51.0 Å². The van der Waals surface area contributed by atoms with Gasteiger partial charge in [-0.3, -0.25) is 4.79 Å². The average molecular weight is 425 g/mol. The first-order valence-corrected chi connectivity index (χ1v) is 11.2. The van der Waals surface area contributed by atoms with E-state index in [1.54, 1.807) is 30.0 Å². The number of piperidine rings is 1. The Morgan fingerprint density at radius 1 is 1.13 bits per heavy atom. The van der Waals surface area contributed by atoms with Crippen LogP contribution in [-0.2, 0) is 24.0 Å². The Morgan fingerprint density at radius 2 is 1.90 bits per heavy atom. The van der Waals surface area contributed by atoms with Crippen LogP contribution in [0.5, 0.6) is 0 Å². The highest BCUT2D eigenvalue weighted by Crippen LogP contribution is 2.29. The fourth-order valence-electron chi connectivity index (χ4n) is 3.86. The van der Waals surface area contributed by atoms with Crippen molar-refractivity contribution in [3.05, 3.63) is 77.4 Å². The number of likely N-dealkylation sites (tertiary alicyclic amines) is 1. The van der Waals surface area contributed by atoms with Crippen LogP contribution in [0.4, 0.5) is 4.39 Å². The number of benzene rings is 2. The molecule has 1 aromatic heterocycles. The van der Waals surface area contributed by atoms with Crippen LogP contribution in [0.25, 0.3) is 0 Å². The second-order valence-electron chi connectivity index (χ2n) is 7.62. The first-order chi connectivity index (χ1) is 14.6. The van der Waals surface area contributed by atoms with E-state index in [-0.39, 0.29) is 24.1 Å². The third kappa shape index (κ3) is 4.73. The van der Waals surface area contributed by atoms with Gasteiger partial charge in [0.15, 0.2) is 5.16 Å². The summed E-state index contributed by atoms with van der Waals surface area (Å²) in [7, 11) is 1.99. The quantitative estimate of drug-likeness (QED) is 0.557. The number of amides is 1. The van der Waals surface area contributed by atoms with E-state index >= 15 is 0 Å². The molecule has 1 aliphatic heterocycles. The van der Waals surface area contributed by atoms with Crippen molar-refractivity contribution in [3.8, 4) is 0 Å². The van der Waals surface area contributed by atoms with Crippen LogP contribution >= 0.6 is 11.8 Å². The van der Waals surface area contributed by atoms with Crippen molar-refractivity contribution in [1.82, 2.24) is 19.7 Å². The minimum Gasteiger partial charge on any atom is -0.342 e. The van der Waals surface area contributed by atoms with Gasteiger partial charge in [-0.15, -0.1) is 10.2 Å². The zero-order chi connectivity index (χ0) is 20.9. The van der Waals surface area contributed by atoms with Gasteiger partial charge in [-0.25, -0.2) is 4.39 Å². The summed E-state index contributed by atoms with van der Waals surface area (Å²) in [6.07, 6.45) is 1.97. The molecule has 4 rings (SSSR count).